The molecule has 0 bridgehead atoms. The number of fused-ring (bicyclic) bond motifs is 1. The maximum absolute atomic E-state index is 12.5. The molecular weight excluding hydrogens is 244 g/mol. The Balaban J connectivity index is 1.91. The van der Waals surface area contributed by atoms with Crippen LogP contribution in [-0.2, 0) is 0 Å². The number of likely N-dealkylation sites (tertiary alicyclic amines) is 1. The second-order valence-corrected chi connectivity index (χ2v) is 5.29. The number of rotatable bonds is 1. The molecule has 2 aromatic heterocycles. The van der Waals surface area contributed by atoms with Crippen LogP contribution in [0.15, 0.2) is 24.8 Å². The number of nitrogens with zero attached hydrogens (tertiary/aromatic N) is 4. The van der Waals surface area contributed by atoms with E-state index in [0.717, 1.165) is 12.8 Å². The zero-order valence-corrected chi connectivity index (χ0v) is 10.8. The summed E-state index contributed by atoms with van der Waals surface area (Å²) in [6.45, 7) is 2.81. The van der Waals surface area contributed by atoms with Gasteiger partial charge in [0.2, 0.25) is 0 Å². The molecular formula is C13H16N4O2. The summed E-state index contributed by atoms with van der Waals surface area (Å²) in [4.78, 5) is 18.2. The van der Waals surface area contributed by atoms with E-state index in [9.17, 15) is 9.90 Å². The van der Waals surface area contributed by atoms with Gasteiger partial charge < -0.3 is 10.0 Å². The second-order valence-electron chi connectivity index (χ2n) is 5.29. The molecule has 19 heavy (non-hydrogen) atoms. The first-order valence-corrected chi connectivity index (χ1v) is 6.36. The third kappa shape index (κ3) is 2.19. The number of amides is 1. The molecule has 1 N–H and O–H groups in total. The molecule has 0 spiro atoms. The van der Waals surface area contributed by atoms with Crippen LogP contribution in [0.5, 0.6) is 0 Å². The van der Waals surface area contributed by atoms with Gasteiger partial charge in [-0.1, -0.05) is 0 Å². The van der Waals surface area contributed by atoms with Crippen molar-refractivity contribution in [2.45, 2.75) is 25.4 Å². The average Bonchev–Trinajstić information content (AvgIpc) is 2.80. The van der Waals surface area contributed by atoms with Gasteiger partial charge in [-0.05, 0) is 19.8 Å². The number of hydrogen-bond donors (Lipinski definition) is 1. The van der Waals surface area contributed by atoms with Crippen LogP contribution in [0.1, 0.15) is 30.1 Å². The van der Waals surface area contributed by atoms with Crippen molar-refractivity contribution in [2.24, 2.45) is 0 Å². The Morgan fingerprint density at radius 3 is 3.11 bits per heavy atom. The molecule has 1 amide bonds. The number of aliphatic hydroxyl groups is 1. The lowest BCUT2D eigenvalue weighted by Crippen LogP contribution is -2.48. The standard InChI is InChI=1S/C13H16N4O2/c1-13(19)3-2-5-16(9-13)12(18)10-7-15-17-6-4-14-8-11(10)17/h4,6-8,19H,2-3,5,9H2,1H3. The summed E-state index contributed by atoms with van der Waals surface area (Å²) in [6.07, 6.45) is 8.06. The Morgan fingerprint density at radius 1 is 1.47 bits per heavy atom. The van der Waals surface area contributed by atoms with Crippen LogP contribution in [0, 0.1) is 0 Å². The molecule has 6 nitrogen and oxygen atoms in total. The van der Waals surface area contributed by atoms with Crippen LogP contribution < -0.4 is 0 Å². The Morgan fingerprint density at radius 2 is 2.32 bits per heavy atom. The lowest BCUT2D eigenvalue weighted by molar-refractivity contribution is -0.0106. The lowest BCUT2D eigenvalue weighted by atomic mass is 9.95. The maximum Gasteiger partial charge on any atom is 0.257 e. The minimum atomic E-state index is -0.797. The molecule has 1 aliphatic heterocycles. The third-order valence-electron chi connectivity index (χ3n) is 3.52. The van der Waals surface area contributed by atoms with E-state index in [2.05, 4.69) is 10.1 Å². The SMILES string of the molecule is CC1(O)CCCN(C(=O)c2cnn3ccncc23)C1. The number of aromatic nitrogens is 3. The van der Waals surface area contributed by atoms with Crippen LogP contribution in [-0.4, -0.2) is 49.2 Å². The molecule has 3 rings (SSSR count). The van der Waals surface area contributed by atoms with Gasteiger partial charge in [0.15, 0.2) is 0 Å². The fourth-order valence-electron chi connectivity index (χ4n) is 2.56. The molecule has 3 heterocycles. The van der Waals surface area contributed by atoms with E-state index in [-0.39, 0.29) is 5.91 Å². The van der Waals surface area contributed by atoms with E-state index in [1.54, 1.807) is 41.1 Å². The van der Waals surface area contributed by atoms with E-state index < -0.39 is 5.60 Å². The van der Waals surface area contributed by atoms with E-state index >= 15 is 0 Å². The zero-order chi connectivity index (χ0) is 13.5. The topological polar surface area (TPSA) is 70.7 Å². The van der Waals surface area contributed by atoms with Gasteiger partial charge in [0.25, 0.3) is 5.91 Å². The predicted molar refractivity (Wildman–Crippen MR) is 68.7 cm³/mol. The van der Waals surface area contributed by atoms with Crippen molar-refractivity contribution >= 4 is 11.4 Å². The highest BCUT2D eigenvalue weighted by Gasteiger charge is 2.32. The molecule has 1 atom stereocenters. The summed E-state index contributed by atoms with van der Waals surface area (Å²) >= 11 is 0. The van der Waals surface area contributed by atoms with Crippen LogP contribution in [0.4, 0.5) is 0 Å². The van der Waals surface area contributed by atoms with Crippen molar-refractivity contribution in [1.82, 2.24) is 19.5 Å². The molecule has 0 radical (unpaired) electrons. The second kappa shape index (κ2) is 4.31. The summed E-state index contributed by atoms with van der Waals surface area (Å²) < 4.78 is 1.63. The van der Waals surface area contributed by atoms with E-state index in [1.807, 2.05) is 0 Å². The molecule has 1 fully saturated rings. The molecule has 100 valence electrons. The third-order valence-corrected chi connectivity index (χ3v) is 3.52. The normalized spacial score (nSPS) is 23.8. The predicted octanol–water partition coefficient (Wildman–Crippen LogP) is 0.716. The van der Waals surface area contributed by atoms with Crippen LogP contribution in [0.25, 0.3) is 5.52 Å². The van der Waals surface area contributed by atoms with E-state index in [4.69, 9.17) is 0 Å². The average molecular weight is 260 g/mol. The van der Waals surface area contributed by atoms with Crippen molar-refractivity contribution in [3.05, 3.63) is 30.4 Å². The Labute approximate surface area is 110 Å². The summed E-state index contributed by atoms with van der Waals surface area (Å²) in [5.74, 6) is -0.0945. The quantitative estimate of drug-likeness (QED) is 0.820. The molecule has 0 aromatic carbocycles. The zero-order valence-electron chi connectivity index (χ0n) is 10.8. The van der Waals surface area contributed by atoms with Gasteiger partial charge in [-0.15, -0.1) is 0 Å². The van der Waals surface area contributed by atoms with Gasteiger partial charge in [-0.3, -0.25) is 9.78 Å². The molecule has 1 saturated heterocycles. The molecule has 0 saturated carbocycles. The number of β-amino-alcohol motifs (C(OH)–C–C–N with tert-alkyl or cyclic N) is 1. The fraction of sp³-hybridized carbons (Fsp3) is 0.462. The largest absolute Gasteiger partial charge is 0.388 e. The van der Waals surface area contributed by atoms with Crippen LogP contribution in [0.2, 0.25) is 0 Å². The van der Waals surface area contributed by atoms with Gasteiger partial charge in [0.1, 0.15) is 0 Å². The van der Waals surface area contributed by atoms with Gasteiger partial charge in [-0.2, -0.15) is 5.10 Å². The minimum absolute atomic E-state index is 0.0945. The molecule has 1 aliphatic rings. The summed E-state index contributed by atoms with van der Waals surface area (Å²) in [7, 11) is 0. The van der Waals surface area contributed by atoms with Gasteiger partial charge in [0, 0.05) is 25.5 Å². The number of hydrogen-bond acceptors (Lipinski definition) is 4. The maximum atomic E-state index is 12.5. The molecule has 0 aliphatic carbocycles. The Hall–Kier alpha value is -1.95. The van der Waals surface area contributed by atoms with Crippen molar-refractivity contribution in [2.75, 3.05) is 13.1 Å². The Kier molecular flexibility index (Phi) is 2.74. The van der Waals surface area contributed by atoms with Gasteiger partial charge >= 0.3 is 0 Å². The highest BCUT2D eigenvalue weighted by atomic mass is 16.3. The van der Waals surface area contributed by atoms with Gasteiger partial charge in [0.05, 0.1) is 29.1 Å². The summed E-state index contributed by atoms with van der Waals surface area (Å²) in [5, 5.41) is 14.2. The number of carbonyl (C=O) groups excluding carboxylic acids is 1. The summed E-state index contributed by atoms with van der Waals surface area (Å²) in [5.41, 5.74) is 0.429. The molecule has 2 aromatic rings. The monoisotopic (exact) mass is 260 g/mol. The molecule has 6 heteroatoms. The minimum Gasteiger partial charge on any atom is -0.388 e. The van der Waals surface area contributed by atoms with E-state index in [1.165, 1.54) is 0 Å². The van der Waals surface area contributed by atoms with Crippen LogP contribution in [0.3, 0.4) is 0 Å². The number of piperidine rings is 1. The Bertz CT molecular complexity index is 620. The highest BCUT2D eigenvalue weighted by molar-refractivity contribution is 6.00. The van der Waals surface area contributed by atoms with Crippen molar-refractivity contribution < 1.29 is 9.90 Å². The lowest BCUT2D eigenvalue weighted by Gasteiger charge is -2.36. The summed E-state index contributed by atoms with van der Waals surface area (Å²) in [6, 6.07) is 0. The van der Waals surface area contributed by atoms with E-state index in [0.29, 0.717) is 24.2 Å². The first kappa shape index (κ1) is 12.1. The first-order chi connectivity index (χ1) is 9.07. The first-order valence-electron chi connectivity index (χ1n) is 6.36. The smallest absolute Gasteiger partial charge is 0.257 e. The van der Waals surface area contributed by atoms with Gasteiger partial charge in [-0.25, -0.2) is 4.52 Å². The van der Waals surface area contributed by atoms with Crippen molar-refractivity contribution in [3.63, 3.8) is 0 Å². The van der Waals surface area contributed by atoms with Crippen LogP contribution >= 0.6 is 0 Å². The fourth-order valence-corrected chi connectivity index (χ4v) is 2.56. The van der Waals surface area contributed by atoms with Crippen molar-refractivity contribution in [1.29, 1.82) is 0 Å². The highest BCUT2D eigenvalue weighted by Crippen LogP contribution is 2.22. The number of carbonyl (C=O) groups is 1. The van der Waals surface area contributed by atoms with Crippen molar-refractivity contribution in [3.8, 4) is 0 Å². The molecule has 1 unspecified atom stereocenters.